The minimum absolute atomic E-state index is 0.0331. The Labute approximate surface area is 183 Å². The fourth-order valence-electron chi connectivity index (χ4n) is 4.06. The smallest absolute Gasteiger partial charge is 0.306 e. The molecule has 1 atom stereocenters. The van der Waals surface area contributed by atoms with Crippen LogP contribution in [-0.2, 0) is 14.3 Å². The molecule has 1 saturated carbocycles. The van der Waals surface area contributed by atoms with Crippen LogP contribution >= 0.6 is 0 Å². The third-order valence-electron chi connectivity index (χ3n) is 6.05. The molecule has 0 unspecified atom stereocenters. The van der Waals surface area contributed by atoms with Crippen molar-refractivity contribution in [3.05, 3.63) is 42.1 Å². The number of hydrogen-bond acceptors (Lipinski definition) is 6. The number of nitrogens with zero attached hydrogens (tertiary/aromatic N) is 4. The van der Waals surface area contributed by atoms with Crippen LogP contribution in [0, 0.1) is 0 Å². The molecule has 2 aromatic rings. The minimum atomic E-state index is -0.185. The molecule has 1 N–H and O–H groups in total. The molecule has 1 amide bonds. The van der Waals surface area contributed by atoms with E-state index in [9.17, 15) is 9.59 Å². The first-order valence-corrected chi connectivity index (χ1v) is 11.0. The number of benzene rings is 1. The molecule has 8 heteroatoms. The number of amides is 1. The van der Waals surface area contributed by atoms with E-state index in [0.29, 0.717) is 25.4 Å². The van der Waals surface area contributed by atoms with Gasteiger partial charge in [0.05, 0.1) is 31.5 Å². The third-order valence-corrected chi connectivity index (χ3v) is 6.05. The summed E-state index contributed by atoms with van der Waals surface area (Å²) in [6, 6.07) is 12.2. The molecule has 1 saturated heterocycles. The number of carbonyl (C=O) groups is 2. The van der Waals surface area contributed by atoms with Crippen molar-refractivity contribution in [3.8, 4) is 5.69 Å². The molecule has 0 spiro atoms. The average molecular weight is 426 g/mol. The van der Waals surface area contributed by atoms with Gasteiger partial charge in [-0.3, -0.25) is 19.4 Å². The van der Waals surface area contributed by atoms with Crippen molar-refractivity contribution in [1.82, 2.24) is 19.6 Å². The van der Waals surface area contributed by atoms with E-state index in [-0.39, 0.29) is 17.9 Å². The number of nitrogens with one attached hydrogen (secondary N) is 1. The Balaban J connectivity index is 1.35. The molecule has 2 heterocycles. The lowest BCUT2D eigenvalue weighted by atomic mass is 10.2. The predicted octanol–water partition coefficient (Wildman–Crippen LogP) is 2.26. The van der Waals surface area contributed by atoms with Crippen LogP contribution in [0.15, 0.2) is 36.4 Å². The summed E-state index contributed by atoms with van der Waals surface area (Å²) in [4.78, 5) is 28.7. The minimum Gasteiger partial charge on any atom is -0.469 e. The van der Waals surface area contributed by atoms with Gasteiger partial charge in [0.2, 0.25) is 5.91 Å². The molecule has 2 fully saturated rings. The zero-order valence-electron chi connectivity index (χ0n) is 18.3. The summed E-state index contributed by atoms with van der Waals surface area (Å²) in [5, 5.41) is 7.84. The van der Waals surface area contributed by atoms with Crippen LogP contribution in [0.4, 0.5) is 5.82 Å². The number of para-hydroxylation sites is 1. The Bertz CT molecular complexity index is 909. The van der Waals surface area contributed by atoms with Gasteiger partial charge in [-0.1, -0.05) is 18.2 Å². The Morgan fingerprint density at radius 1 is 1.19 bits per heavy atom. The van der Waals surface area contributed by atoms with Crippen LogP contribution < -0.4 is 5.32 Å². The predicted molar refractivity (Wildman–Crippen MR) is 118 cm³/mol. The molecule has 2 aliphatic rings. The fourth-order valence-corrected chi connectivity index (χ4v) is 4.06. The largest absolute Gasteiger partial charge is 0.469 e. The molecular weight excluding hydrogens is 394 g/mol. The van der Waals surface area contributed by atoms with Crippen molar-refractivity contribution in [3.63, 3.8) is 0 Å². The van der Waals surface area contributed by atoms with Gasteiger partial charge >= 0.3 is 5.97 Å². The summed E-state index contributed by atoms with van der Waals surface area (Å²) < 4.78 is 6.56. The number of esters is 1. The topological polar surface area (TPSA) is 79.7 Å². The summed E-state index contributed by atoms with van der Waals surface area (Å²) in [5.41, 5.74) is 1.99. The number of rotatable bonds is 8. The molecule has 1 aromatic carbocycles. The zero-order valence-corrected chi connectivity index (χ0v) is 18.3. The van der Waals surface area contributed by atoms with E-state index in [4.69, 9.17) is 9.84 Å². The first-order chi connectivity index (χ1) is 15.0. The molecule has 1 aliphatic carbocycles. The molecule has 1 aliphatic heterocycles. The van der Waals surface area contributed by atoms with Gasteiger partial charge in [-0.25, -0.2) is 4.68 Å². The van der Waals surface area contributed by atoms with Crippen molar-refractivity contribution in [2.75, 3.05) is 45.2 Å². The van der Waals surface area contributed by atoms with Gasteiger partial charge in [0.1, 0.15) is 5.82 Å². The third kappa shape index (κ3) is 5.51. The van der Waals surface area contributed by atoms with Gasteiger partial charge in [0.15, 0.2) is 0 Å². The second-order valence-corrected chi connectivity index (χ2v) is 8.47. The molecule has 1 aromatic heterocycles. The van der Waals surface area contributed by atoms with Crippen molar-refractivity contribution < 1.29 is 14.3 Å². The highest BCUT2D eigenvalue weighted by molar-refractivity contribution is 5.91. The van der Waals surface area contributed by atoms with Crippen molar-refractivity contribution in [2.45, 2.75) is 38.1 Å². The number of hydrogen-bond donors (Lipinski definition) is 1. The van der Waals surface area contributed by atoms with E-state index in [0.717, 1.165) is 49.7 Å². The number of ether oxygens (including phenoxy) is 1. The summed E-state index contributed by atoms with van der Waals surface area (Å²) in [6.07, 6.45) is 2.73. The summed E-state index contributed by atoms with van der Waals surface area (Å²) >= 11 is 0. The SMILES string of the molecule is COC(=O)CCN1CCN(CC(=O)Nc2cc(C3CC3)nn2-c2ccccc2)[C@@H](C)C1. The van der Waals surface area contributed by atoms with Crippen LogP contribution in [-0.4, -0.2) is 77.3 Å². The van der Waals surface area contributed by atoms with Crippen molar-refractivity contribution in [2.24, 2.45) is 0 Å². The maximum Gasteiger partial charge on any atom is 0.306 e. The number of methoxy groups -OCH3 is 1. The van der Waals surface area contributed by atoms with Gasteiger partial charge in [0, 0.05) is 44.2 Å². The standard InChI is InChI=1S/C23H31N5O3/c1-17-15-26(11-10-23(30)31-2)12-13-27(17)16-22(29)24-21-14-20(18-8-9-18)25-28(21)19-6-4-3-5-7-19/h3-7,14,17-18H,8-13,15-16H2,1-2H3,(H,24,29)/t17-/m0/s1. The first kappa shape index (κ1) is 21.5. The highest BCUT2D eigenvalue weighted by Crippen LogP contribution is 2.40. The van der Waals surface area contributed by atoms with Gasteiger partial charge in [-0.15, -0.1) is 0 Å². The van der Waals surface area contributed by atoms with Crippen LogP contribution in [0.25, 0.3) is 5.69 Å². The second-order valence-electron chi connectivity index (χ2n) is 8.47. The molecule has 0 bridgehead atoms. The van der Waals surface area contributed by atoms with E-state index in [1.165, 1.54) is 7.11 Å². The van der Waals surface area contributed by atoms with E-state index in [2.05, 4.69) is 22.0 Å². The zero-order chi connectivity index (χ0) is 21.8. The lowest BCUT2D eigenvalue weighted by Crippen LogP contribution is -2.54. The maximum atomic E-state index is 12.9. The summed E-state index contributed by atoms with van der Waals surface area (Å²) in [5.74, 6) is 1.02. The van der Waals surface area contributed by atoms with Gasteiger partial charge in [0.25, 0.3) is 0 Å². The normalized spacial score (nSPS) is 19.9. The van der Waals surface area contributed by atoms with E-state index in [1.807, 2.05) is 41.1 Å². The number of piperazine rings is 1. The lowest BCUT2D eigenvalue weighted by Gasteiger charge is -2.39. The summed E-state index contributed by atoms with van der Waals surface area (Å²) in [6.45, 7) is 5.61. The lowest BCUT2D eigenvalue weighted by molar-refractivity contribution is -0.141. The number of anilines is 1. The molecule has 0 radical (unpaired) electrons. The first-order valence-electron chi connectivity index (χ1n) is 11.0. The van der Waals surface area contributed by atoms with Gasteiger partial charge in [-0.05, 0) is 31.9 Å². The van der Waals surface area contributed by atoms with Crippen LogP contribution in [0.1, 0.15) is 37.8 Å². The van der Waals surface area contributed by atoms with Crippen LogP contribution in [0.3, 0.4) is 0 Å². The quantitative estimate of drug-likeness (QED) is 0.654. The molecular formula is C23H31N5O3. The van der Waals surface area contributed by atoms with Crippen LogP contribution in [0.5, 0.6) is 0 Å². The molecule has 166 valence electrons. The Kier molecular flexibility index (Phi) is 6.67. The highest BCUT2D eigenvalue weighted by Gasteiger charge is 2.29. The molecule has 31 heavy (non-hydrogen) atoms. The Hall–Kier alpha value is -2.71. The van der Waals surface area contributed by atoms with Crippen molar-refractivity contribution >= 4 is 17.7 Å². The van der Waals surface area contributed by atoms with Gasteiger partial charge < -0.3 is 10.1 Å². The molecule has 4 rings (SSSR count). The Morgan fingerprint density at radius 3 is 2.65 bits per heavy atom. The summed E-state index contributed by atoms with van der Waals surface area (Å²) in [7, 11) is 1.42. The number of aromatic nitrogens is 2. The molecule has 8 nitrogen and oxygen atoms in total. The monoisotopic (exact) mass is 425 g/mol. The van der Waals surface area contributed by atoms with Crippen molar-refractivity contribution in [1.29, 1.82) is 0 Å². The average Bonchev–Trinajstić information content (AvgIpc) is 3.55. The van der Waals surface area contributed by atoms with E-state index < -0.39 is 0 Å². The second kappa shape index (κ2) is 9.62. The highest BCUT2D eigenvalue weighted by atomic mass is 16.5. The Morgan fingerprint density at radius 2 is 1.97 bits per heavy atom. The maximum absolute atomic E-state index is 12.9. The fraction of sp³-hybridized carbons (Fsp3) is 0.522. The van der Waals surface area contributed by atoms with E-state index in [1.54, 1.807) is 0 Å². The van der Waals surface area contributed by atoms with E-state index >= 15 is 0 Å². The van der Waals surface area contributed by atoms with Gasteiger partial charge in [-0.2, -0.15) is 5.10 Å². The number of carbonyl (C=O) groups excluding carboxylic acids is 2. The van der Waals surface area contributed by atoms with Crippen LogP contribution in [0.2, 0.25) is 0 Å².